The van der Waals surface area contributed by atoms with Crippen LogP contribution >= 0.6 is 0 Å². The Balaban J connectivity index is 2.12. The molecular weight excluding hydrogens is 228 g/mol. The maximum atomic E-state index is 12.1. The van der Waals surface area contributed by atoms with Crippen LogP contribution in [0.25, 0.3) is 0 Å². The second-order valence-corrected chi connectivity index (χ2v) is 3.97. The van der Waals surface area contributed by atoms with Gasteiger partial charge in [-0.2, -0.15) is 0 Å². The number of amides is 1. The molecule has 1 N–H and O–H groups in total. The van der Waals surface area contributed by atoms with Crippen LogP contribution in [0, 0.1) is 0 Å². The first kappa shape index (κ1) is 12.1. The fraction of sp³-hybridized carbons (Fsp3) is 0.143. The number of phenols is 1. The first-order valence-corrected chi connectivity index (χ1v) is 5.62. The summed E-state index contributed by atoms with van der Waals surface area (Å²) in [6.07, 6.45) is 3.45. The number of phenolic OH excluding ortho intramolecular Hbond substituents is 1. The van der Waals surface area contributed by atoms with E-state index in [0.29, 0.717) is 5.56 Å². The molecule has 1 aromatic carbocycles. The van der Waals surface area contributed by atoms with E-state index in [-0.39, 0.29) is 18.1 Å². The van der Waals surface area contributed by atoms with Crippen molar-refractivity contribution in [3.05, 3.63) is 54.4 Å². The number of hydrogen-bond acceptors (Lipinski definition) is 3. The van der Waals surface area contributed by atoms with Crippen LogP contribution in [0.15, 0.2) is 48.8 Å². The number of carbonyl (C=O) groups excluding carboxylic acids is 1. The molecule has 0 bridgehead atoms. The minimum absolute atomic E-state index is 0.0931. The SMILES string of the molecule is CN(C(=O)Cc1ccccc1O)c1cccnc1. The lowest BCUT2D eigenvalue weighted by atomic mass is 10.1. The van der Waals surface area contributed by atoms with Gasteiger partial charge in [0.05, 0.1) is 18.3 Å². The van der Waals surface area contributed by atoms with Crippen molar-refractivity contribution < 1.29 is 9.90 Å². The standard InChI is InChI=1S/C14H14N2O2/c1-16(12-6-4-8-15-10-12)14(18)9-11-5-2-3-7-13(11)17/h2-8,10,17H,9H2,1H3. The largest absolute Gasteiger partial charge is 0.508 e. The Morgan fingerprint density at radius 1 is 1.28 bits per heavy atom. The molecule has 1 aromatic heterocycles. The molecule has 0 spiro atoms. The quantitative estimate of drug-likeness (QED) is 0.895. The number of para-hydroxylation sites is 1. The highest BCUT2D eigenvalue weighted by atomic mass is 16.3. The van der Waals surface area contributed by atoms with Crippen molar-refractivity contribution in [2.24, 2.45) is 0 Å². The van der Waals surface area contributed by atoms with Crippen LogP contribution in [-0.2, 0) is 11.2 Å². The predicted octanol–water partition coefficient (Wildman–Crippen LogP) is 1.99. The van der Waals surface area contributed by atoms with E-state index in [9.17, 15) is 9.90 Å². The van der Waals surface area contributed by atoms with Crippen molar-refractivity contribution in [2.75, 3.05) is 11.9 Å². The number of anilines is 1. The summed E-state index contributed by atoms with van der Waals surface area (Å²) in [5.41, 5.74) is 1.36. The normalized spacial score (nSPS) is 10.1. The van der Waals surface area contributed by atoms with Crippen molar-refractivity contribution in [2.45, 2.75) is 6.42 Å². The number of benzene rings is 1. The molecule has 1 amide bonds. The van der Waals surface area contributed by atoms with E-state index in [1.165, 1.54) is 4.90 Å². The van der Waals surface area contributed by atoms with E-state index in [1.54, 1.807) is 49.8 Å². The average Bonchev–Trinajstić information content (AvgIpc) is 2.41. The highest BCUT2D eigenvalue weighted by molar-refractivity contribution is 5.94. The fourth-order valence-electron chi connectivity index (χ4n) is 1.64. The van der Waals surface area contributed by atoms with Gasteiger partial charge in [0.2, 0.25) is 5.91 Å². The molecule has 0 aliphatic carbocycles. The van der Waals surface area contributed by atoms with Gasteiger partial charge < -0.3 is 10.0 Å². The molecule has 0 saturated heterocycles. The Bertz CT molecular complexity index is 541. The van der Waals surface area contributed by atoms with Gasteiger partial charge in [-0.05, 0) is 18.2 Å². The monoisotopic (exact) mass is 242 g/mol. The number of aromatic nitrogens is 1. The second-order valence-electron chi connectivity index (χ2n) is 3.97. The molecule has 0 radical (unpaired) electrons. The molecule has 0 aliphatic heterocycles. The van der Waals surface area contributed by atoms with Gasteiger partial charge in [0.1, 0.15) is 5.75 Å². The molecule has 4 nitrogen and oxygen atoms in total. The van der Waals surface area contributed by atoms with E-state index in [0.717, 1.165) is 5.69 Å². The zero-order valence-electron chi connectivity index (χ0n) is 10.1. The number of carbonyl (C=O) groups is 1. The van der Waals surface area contributed by atoms with Gasteiger partial charge >= 0.3 is 0 Å². The summed E-state index contributed by atoms with van der Waals surface area (Å²) in [6, 6.07) is 10.4. The third-order valence-corrected chi connectivity index (χ3v) is 2.74. The summed E-state index contributed by atoms with van der Waals surface area (Å²) < 4.78 is 0. The maximum Gasteiger partial charge on any atom is 0.231 e. The highest BCUT2D eigenvalue weighted by Gasteiger charge is 2.13. The Hall–Kier alpha value is -2.36. The summed E-state index contributed by atoms with van der Waals surface area (Å²) in [5.74, 6) is 0.0509. The molecule has 18 heavy (non-hydrogen) atoms. The van der Waals surface area contributed by atoms with Gasteiger partial charge in [-0.15, -0.1) is 0 Å². The first-order chi connectivity index (χ1) is 8.68. The molecule has 4 heteroatoms. The van der Waals surface area contributed by atoms with Crippen LogP contribution in [0.1, 0.15) is 5.56 Å². The molecule has 0 aliphatic rings. The van der Waals surface area contributed by atoms with Gasteiger partial charge in [0.25, 0.3) is 0 Å². The number of nitrogens with zero attached hydrogens (tertiary/aromatic N) is 2. The predicted molar refractivity (Wildman–Crippen MR) is 69.5 cm³/mol. The van der Waals surface area contributed by atoms with E-state index >= 15 is 0 Å². The van der Waals surface area contributed by atoms with Crippen molar-refractivity contribution in [3.63, 3.8) is 0 Å². The molecular formula is C14H14N2O2. The van der Waals surface area contributed by atoms with E-state index in [4.69, 9.17) is 0 Å². The molecule has 2 aromatic rings. The number of pyridine rings is 1. The summed E-state index contributed by atoms with van der Waals surface area (Å²) in [7, 11) is 1.69. The van der Waals surface area contributed by atoms with Gasteiger partial charge in [0, 0.05) is 18.8 Å². The van der Waals surface area contributed by atoms with Crippen LogP contribution in [0.3, 0.4) is 0 Å². The van der Waals surface area contributed by atoms with Crippen LogP contribution in [0.4, 0.5) is 5.69 Å². The van der Waals surface area contributed by atoms with Gasteiger partial charge in [0.15, 0.2) is 0 Å². The third-order valence-electron chi connectivity index (χ3n) is 2.74. The molecule has 92 valence electrons. The molecule has 0 fully saturated rings. The van der Waals surface area contributed by atoms with E-state index in [2.05, 4.69) is 4.98 Å². The topological polar surface area (TPSA) is 53.4 Å². The van der Waals surface area contributed by atoms with Gasteiger partial charge in [-0.3, -0.25) is 9.78 Å². The zero-order valence-corrected chi connectivity index (χ0v) is 10.1. The number of likely N-dealkylation sites (N-methyl/N-ethyl adjacent to an activating group) is 1. The van der Waals surface area contributed by atoms with Crippen LogP contribution in [-0.4, -0.2) is 23.0 Å². The van der Waals surface area contributed by atoms with Crippen LogP contribution in [0.2, 0.25) is 0 Å². The molecule has 1 heterocycles. The molecule has 2 rings (SSSR count). The third kappa shape index (κ3) is 2.66. The summed E-state index contributed by atoms with van der Waals surface area (Å²) in [4.78, 5) is 17.5. The molecule has 0 atom stereocenters. The van der Waals surface area contributed by atoms with Crippen molar-refractivity contribution in [3.8, 4) is 5.75 Å². The summed E-state index contributed by atoms with van der Waals surface area (Å²) in [6.45, 7) is 0. The Labute approximate surface area is 106 Å². The van der Waals surface area contributed by atoms with Crippen LogP contribution < -0.4 is 4.90 Å². The highest BCUT2D eigenvalue weighted by Crippen LogP contribution is 2.18. The zero-order chi connectivity index (χ0) is 13.0. The number of aromatic hydroxyl groups is 1. The summed E-state index contributed by atoms with van der Waals surface area (Å²) >= 11 is 0. The second kappa shape index (κ2) is 5.31. The van der Waals surface area contributed by atoms with E-state index < -0.39 is 0 Å². The lowest BCUT2D eigenvalue weighted by Crippen LogP contribution is -2.27. The Morgan fingerprint density at radius 2 is 2.06 bits per heavy atom. The number of rotatable bonds is 3. The number of hydrogen-bond donors (Lipinski definition) is 1. The van der Waals surface area contributed by atoms with Gasteiger partial charge in [-0.25, -0.2) is 0 Å². The minimum atomic E-state index is -0.0931. The lowest BCUT2D eigenvalue weighted by molar-refractivity contribution is -0.117. The van der Waals surface area contributed by atoms with Crippen molar-refractivity contribution in [1.29, 1.82) is 0 Å². The Morgan fingerprint density at radius 3 is 2.72 bits per heavy atom. The molecule has 0 saturated carbocycles. The minimum Gasteiger partial charge on any atom is -0.508 e. The Kier molecular flexibility index (Phi) is 3.57. The molecule has 0 unspecified atom stereocenters. The van der Waals surface area contributed by atoms with Gasteiger partial charge in [-0.1, -0.05) is 18.2 Å². The van der Waals surface area contributed by atoms with Crippen molar-refractivity contribution >= 4 is 11.6 Å². The van der Waals surface area contributed by atoms with Crippen LogP contribution in [0.5, 0.6) is 5.75 Å². The lowest BCUT2D eigenvalue weighted by Gasteiger charge is -2.17. The smallest absolute Gasteiger partial charge is 0.231 e. The first-order valence-electron chi connectivity index (χ1n) is 5.62. The average molecular weight is 242 g/mol. The maximum absolute atomic E-state index is 12.1. The fourth-order valence-corrected chi connectivity index (χ4v) is 1.64. The van der Waals surface area contributed by atoms with Crippen molar-refractivity contribution in [1.82, 2.24) is 4.98 Å². The summed E-state index contributed by atoms with van der Waals surface area (Å²) in [5, 5.41) is 9.63. The van der Waals surface area contributed by atoms with E-state index in [1.807, 2.05) is 6.07 Å².